The lowest BCUT2D eigenvalue weighted by molar-refractivity contribution is 0.0420. The van der Waals surface area contributed by atoms with E-state index in [1.165, 1.54) is 11.3 Å². The van der Waals surface area contributed by atoms with E-state index in [-0.39, 0.29) is 12.0 Å². The minimum Gasteiger partial charge on any atom is -0.393 e. The molecule has 1 aromatic rings. The van der Waals surface area contributed by atoms with Crippen molar-refractivity contribution in [2.24, 2.45) is 5.92 Å². The Morgan fingerprint density at radius 1 is 1.47 bits per heavy atom. The number of nitrogens with one attached hydrogen (secondary N) is 2. The molecule has 6 nitrogen and oxygen atoms in total. The van der Waals surface area contributed by atoms with Crippen molar-refractivity contribution in [2.75, 3.05) is 17.6 Å². The first-order chi connectivity index (χ1) is 9.11. The van der Waals surface area contributed by atoms with E-state index >= 15 is 0 Å². The highest BCUT2D eigenvalue weighted by molar-refractivity contribution is 7.18. The topological polar surface area (TPSA) is 100 Å². The quantitative estimate of drug-likeness (QED) is 0.640. The lowest BCUT2D eigenvalue weighted by Crippen LogP contribution is -2.38. The Bertz CT molecular complexity index is 480. The molecule has 3 rings (SSSR count). The molecule has 104 valence electrons. The number of hydrogen-bond acceptors (Lipinski definition) is 6. The lowest BCUT2D eigenvalue weighted by Gasteiger charge is -2.31. The van der Waals surface area contributed by atoms with Gasteiger partial charge in [0.15, 0.2) is 5.13 Å². The summed E-state index contributed by atoms with van der Waals surface area (Å²) >= 11 is 1.31. The van der Waals surface area contributed by atoms with E-state index in [1.54, 1.807) is 0 Å². The van der Waals surface area contributed by atoms with Crippen LogP contribution < -0.4 is 16.4 Å². The summed E-state index contributed by atoms with van der Waals surface area (Å²) in [6.07, 6.45) is 3.67. The fraction of sp³-hybridized carbons (Fsp3) is 0.667. The second kappa shape index (κ2) is 4.97. The van der Waals surface area contributed by atoms with E-state index in [9.17, 15) is 9.90 Å². The molecule has 0 aliphatic heterocycles. The van der Waals surface area contributed by atoms with Gasteiger partial charge >= 0.3 is 0 Å². The number of amides is 1. The van der Waals surface area contributed by atoms with Crippen LogP contribution in [0, 0.1) is 5.92 Å². The van der Waals surface area contributed by atoms with Crippen LogP contribution in [-0.4, -0.2) is 34.7 Å². The van der Waals surface area contributed by atoms with Crippen molar-refractivity contribution in [1.29, 1.82) is 0 Å². The minimum atomic E-state index is -0.190. The summed E-state index contributed by atoms with van der Waals surface area (Å²) in [7, 11) is 0. The van der Waals surface area contributed by atoms with Crippen LogP contribution in [0.15, 0.2) is 0 Å². The third kappa shape index (κ3) is 2.98. The van der Waals surface area contributed by atoms with E-state index in [4.69, 9.17) is 5.73 Å². The molecule has 2 saturated carbocycles. The van der Waals surface area contributed by atoms with E-state index in [0.717, 1.165) is 30.8 Å². The molecule has 7 heteroatoms. The highest BCUT2D eigenvalue weighted by Gasteiger charge is 2.28. The summed E-state index contributed by atoms with van der Waals surface area (Å²) in [6.45, 7) is 0.596. The molecule has 2 aliphatic carbocycles. The largest absolute Gasteiger partial charge is 0.393 e. The van der Waals surface area contributed by atoms with Crippen molar-refractivity contribution in [1.82, 2.24) is 10.3 Å². The summed E-state index contributed by atoms with van der Waals surface area (Å²) in [5, 5.41) is 16.0. The monoisotopic (exact) mass is 282 g/mol. The van der Waals surface area contributed by atoms with Crippen molar-refractivity contribution in [3.63, 3.8) is 0 Å². The average Bonchev–Trinajstić information content (AvgIpc) is 3.05. The van der Waals surface area contributed by atoms with Gasteiger partial charge in [-0.1, -0.05) is 11.3 Å². The molecule has 0 saturated heterocycles. The van der Waals surface area contributed by atoms with Gasteiger partial charge in [-0.15, -0.1) is 0 Å². The molecule has 1 heterocycles. The Labute approximate surface area is 115 Å². The SMILES string of the molecule is Nc1nc(NC2CC2)sc1C(=O)NCC1CC(O)C1. The fourth-order valence-corrected chi connectivity index (χ4v) is 3.02. The standard InChI is InChI=1S/C12H18N4O2S/c13-10-9(19-12(16-10)15-7-1-2-7)11(18)14-5-6-3-8(17)4-6/h6-8,17H,1-5,13H2,(H,14,18)(H,15,16). The van der Waals surface area contributed by atoms with Crippen LogP contribution in [0.3, 0.4) is 0 Å². The molecule has 0 aromatic carbocycles. The number of nitrogens with two attached hydrogens (primary N) is 1. The zero-order valence-corrected chi connectivity index (χ0v) is 11.4. The zero-order valence-electron chi connectivity index (χ0n) is 10.6. The van der Waals surface area contributed by atoms with Gasteiger partial charge in [-0.2, -0.15) is 0 Å². The number of nitrogens with zero attached hydrogens (tertiary/aromatic N) is 1. The predicted octanol–water partition coefficient (Wildman–Crippen LogP) is 0.800. The number of aliphatic hydroxyl groups excluding tert-OH is 1. The molecular formula is C12H18N4O2S. The maximum absolute atomic E-state index is 12.0. The molecule has 0 unspecified atom stereocenters. The van der Waals surface area contributed by atoms with Crippen LogP contribution in [0.25, 0.3) is 0 Å². The first kappa shape index (κ1) is 12.7. The number of aliphatic hydroxyl groups is 1. The van der Waals surface area contributed by atoms with Crippen molar-refractivity contribution < 1.29 is 9.90 Å². The second-order valence-electron chi connectivity index (χ2n) is 5.35. The molecule has 2 fully saturated rings. The van der Waals surface area contributed by atoms with Gasteiger partial charge in [0.2, 0.25) is 0 Å². The smallest absolute Gasteiger partial charge is 0.265 e. The van der Waals surface area contributed by atoms with Gasteiger partial charge in [-0.3, -0.25) is 4.79 Å². The first-order valence-corrected chi connectivity index (χ1v) is 7.42. The Balaban J connectivity index is 1.54. The van der Waals surface area contributed by atoms with Crippen LogP contribution in [0.5, 0.6) is 0 Å². The summed E-state index contributed by atoms with van der Waals surface area (Å²) in [5.41, 5.74) is 5.77. The van der Waals surface area contributed by atoms with Gasteiger partial charge in [0, 0.05) is 12.6 Å². The predicted molar refractivity (Wildman–Crippen MR) is 74.2 cm³/mol. The summed E-state index contributed by atoms with van der Waals surface area (Å²) in [6, 6.07) is 0.498. The Kier molecular flexibility index (Phi) is 3.32. The van der Waals surface area contributed by atoms with Gasteiger partial charge in [0.05, 0.1) is 6.10 Å². The van der Waals surface area contributed by atoms with E-state index in [2.05, 4.69) is 15.6 Å². The lowest BCUT2D eigenvalue weighted by atomic mass is 9.82. The molecule has 0 radical (unpaired) electrons. The molecule has 2 aliphatic rings. The van der Waals surface area contributed by atoms with Crippen LogP contribution in [-0.2, 0) is 0 Å². The van der Waals surface area contributed by atoms with Crippen LogP contribution >= 0.6 is 11.3 Å². The third-order valence-corrected chi connectivity index (χ3v) is 4.53. The van der Waals surface area contributed by atoms with Crippen molar-refractivity contribution in [3.05, 3.63) is 4.88 Å². The van der Waals surface area contributed by atoms with E-state index < -0.39 is 0 Å². The number of hydrogen-bond donors (Lipinski definition) is 4. The molecule has 0 bridgehead atoms. The highest BCUT2D eigenvalue weighted by atomic mass is 32.1. The summed E-state index contributed by atoms with van der Waals surface area (Å²) in [4.78, 5) is 16.6. The maximum atomic E-state index is 12.0. The zero-order chi connectivity index (χ0) is 13.4. The second-order valence-corrected chi connectivity index (χ2v) is 6.35. The summed E-state index contributed by atoms with van der Waals surface area (Å²) in [5.74, 6) is 0.511. The fourth-order valence-electron chi connectivity index (χ4n) is 2.14. The number of thiazole rings is 1. The van der Waals surface area contributed by atoms with E-state index in [0.29, 0.717) is 29.2 Å². The number of nitrogen functional groups attached to an aromatic ring is 1. The van der Waals surface area contributed by atoms with Gasteiger partial charge < -0.3 is 21.5 Å². The third-order valence-electron chi connectivity index (χ3n) is 3.53. The normalized spacial score (nSPS) is 25.7. The number of rotatable bonds is 5. The molecular weight excluding hydrogens is 264 g/mol. The molecule has 1 aromatic heterocycles. The molecule has 5 N–H and O–H groups in total. The summed E-state index contributed by atoms with van der Waals surface area (Å²) < 4.78 is 0. The number of anilines is 2. The minimum absolute atomic E-state index is 0.166. The van der Waals surface area contributed by atoms with Crippen molar-refractivity contribution >= 4 is 28.2 Å². The number of carbonyl (C=O) groups is 1. The number of aromatic nitrogens is 1. The average molecular weight is 282 g/mol. The van der Waals surface area contributed by atoms with Crippen LogP contribution in [0.4, 0.5) is 10.9 Å². The maximum Gasteiger partial charge on any atom is 0.265 e. The van der Waals surface area contributed by atoms with E-state index in [1.807, 2.05) is 0 Å². The van der Waals surface area contributed by atoms with Gasteiger partial charge in [-0.25, -0.2) is 4.98 Å². The molecule has 1 amide bonds. The van der Waals surface area contributed by atoms with Gasteiger partial charge in [-0.05, 0) is 31.6 Å². The Morgan fingerprint density at radius 2 is 2.21 bits per heavy atom. The van der Waals surface area contributed by atoms with Gasteiger partial charge in [0.1, 0.15) is 10.7 Å². The molecule has 19 heavy (non-hydrogen) atoms. The first-order valence-electron chi connectivity index (χ1n) is 6.61. The highest BCUT2D eigenvalue weighted by Crippen LogP contribution is 2.31. The molecule has 0 atom stereocenters. The Hall–Kier alpha value is -1.34. The van der Waals surface area contributed by atoms with Crippen LogP contribution in [0.2, 0.25) is 0 Å². The number of carbonyl (C=O) groups excluding carboxylic acids is 1. The Morgan fingerprint density at radius 3 is 2.84 bits per heavy atom. The van der Waals surface area contributed by atoms with Crippen molar-refractivity contribution in [3.8, 4) is 0 Å². The molecule has 0 spiro atoms. The van der Waals surface area contributed by atoms with Gasteiger partial charge in [0.25, 0.3) is 5.91 Å². The van der Waals surface area contributed by atoms with Crippen molar-refractivity contribution in [2.45, 2.75) is 37.8 Å². The van der Waals surface area contributed by atoms with Crippen LogP contribution in [0.1, 0.15) is 35.4 Å².